The molecule has 1 aromatic heterocycles. The molecule has 0 radical (unpaired) electrons. The third-order valence-electron chi connectivity index (χ3n) is 6.00. The molecule has 0 fully saturated rings. The molecule has 0 saturated carbocycles. The molecule has 0 spiro atoms. The van der Waals surface area contributed by atoms with Gasteiger partial charge in [0.2, 0.25) is 0 Å². The fourth-order valence-electron chi connectivity index (χ4n) is 3.99. The van der Waals surface area contributed by atoms with E-state index < -0.39 is 24.2 Å². The monoisotopic (exact) mass is 474 g/mol. The maximum Gasteiger partial charge on any atom is 0.410 e. The molecule has 2 heterocycles. The van der Waals surface area contributed by atoms with Crippen LogP contribution in [0.1, 0.15) is 45.7 Å². The number of aromatic nitrogens is 2. The SMILES string of the molecule is COc1ccc([C@H]2C[C@H](C(F)(F)F)n3nc(C(=O)Nc4ccc(C)c(C)c4)cc3N2)cc1OC. The van der Waals surface area contributed by atoms with E-state index in [2.05, 4.69) is 15.7 Å². The number of carbonyl (C=O) groups is 1. The minimum atomic E-state index is -4.56. The number of carbonyl (C=O) groups excluding carboxylic acids is 1. The second-order valence-corrected chi connectivity index (χ2v) is 8.22. The summed E-state index contributed by atoms with van der Waals surface area (Å²) in [5.41, 5.74) is 3.08. The standard InChI is InChI=1S/C24H25F3N4O3/c1-13-5-7-16(9-14(13)2)28-23(32)18-12-22-29-17(11-21(24(25,26)27)31(22)30-18)15-6-8-19(33-3)20(10-15)34-4/h5-10,12,17,21,29H,11H2,1-4H3,(H,28,32)/t17-,21-/m1/s1. The average Bonchev–Trinajstić information content (AvgIpc) is 3.24. The van der Waals surface area contributed by atoms with Crippen molar-refractivity contribution in [2.45, 2.75) is 38.5 Å². The van der Waals surface area contributed by atoms with Crippen LogP contribution in [0.25, 0.3) is 0 Å². The average molecular weight is 474 g/mol. The number of hydrogen-bond acceptors (Lipinski definition) is 5. The Morgan fingerprint density at radius 2 is 1.79 bits per heavy atom. The van der Waals surface area contributed by atoms with Gasteiger partial charge in [-0.1, -0.05) is 12.1 Å². The van der Waals surface area contributed by atoms with Crippen LogP contribution in [-0.2, 0) is 0 Å². The third kappa shape index (κ3) is 4.52. The minimum absolute atomic E-state index is 0.108. The van der Waals surface area contributed by atoms with Crippen LogP contribution in [0.3, 0.4) is 0 Å². The molecule has 3 aromatic rings. The number of anilines is 2. The Labute approximate surface area is 194 Å². The van der Waals surface area contributed by atoms with Crippen molar-refractivity contribution in [1.82, 2.24) is 9.78 Å². The number of nitrogens with one attached hydrogen (secondary N) is 2. The smallest absolute Gasteiger partial charge is 0.410 e. The quantitative estimate of drug-likeness (QED) is 0.516. The summed E-state index contributed by atoms with van der Waals surface area (Å²) in [7, 11) is 2.95. The van der Waals surface area contributed by atoms with Crippen molar-refractivity contribution in [2.75, 3.05) is 24.9 Å². The van der Waals surface area contributed by atoms with E-state index >= 15 is 0 Å². The van der Waals surface area contributed by atoms with Crippen LogP contribution >= 0.6 is 0 Å². The highest BCUT2D eigenvalue weighted by molar-refractivity contribution is 6.03. The van der Waals surface area contributed by atoms with Gasteiger partial charge in [0.05, 0.1) is 20.3 Å². The van der Waals surface area contributed by atoms with Crippen LogP contribution in [0, 0.1) is 13.8 Å². The second-order valence-electron chi connectivity index (χ2n) is 8.22. The number of hydrogen-bond donors (Lipinski definition) is 2. The van der Waals surface area contributed by atoms with Crippen LogP contribution in [-0.4, -0.2) is 36.1 Å². The number of methoxy groups -OCH3 is 2. The number of aryl methyl sites for hydroxylation is 2. The molecule has 0 aliphatic carbocycles. The lowest BCUT2D eigenvalue weighted by Crippen LogP contribution is -2.35. The molecule has 0 unspecified atom stereocenters. The number of amides is 1. The van der Waals surface area contributed by atoms with Crippen molar-refractivity contribution in [3.63, 3.8) is 0 Å². The maximum atomic E-state index is 14.0. The molecule has 0 bridgehead atoms. The first-order chi connectivity index (χ1) is 16.1. The van der Waals surface area contributed by atoms with Crippen LogP contribution in [0.15, 0.2) is 42.5 Å². The first-order valence-electron chi connectivity index (χ1n) is 10.6. The van der Waals surface area contributed by atoms with Gasteiger partial charge in [-0.2, -0.15) is 18.3 Å². The summed E-state index contributed by atoms with van der Waals surface area (Å²) in [6.45, 7) is 3.86. The number of nitrogens with zero attached hydrogens (tertiary/aromatic N) is 2. The molecule has 7 nitrogen and oxygen atoms in total. The van der Waals surface area contributed by atoms with Crippen LogP contribution in [0.4, 0.5) is 24.7 Å². The molecule has 2 aromatic carbocycles. The van der Waals surface area contributed by atoms with Gasteiger partial charge in [0.1, 0.15) is 5.82 Å². The first-order valence-corrected chi connectivity index (χ1v) is 10.6. The molecule has 4 rings (SSSR count). The Bertz CT molecular complexity index is 1220. The zero-order valence-corrected chi connectivity index (χ0v) is 19.2. The van der Waals surface area contributed by atoms with Crippen LogP contribution in [0.2, 0.25) is 0 Å². The molecule has 10 heteroatoms. The second kappa shape index (κ2) is 8.92. The first kappa shape index (κ1) is 23.5. The minimum Gasteiger partial charge on any atom is -0.493 e. The third-order valence-corrected chi connectivity index (χ3v) is 6.00. The molecule has 2 atom stereocenters. The van der Waals surface area contributed by atoms with Crippen molar-refractivity contribution in [3.05, 3.63) is 64.8 Å². The van der Waals surface area contributed by atoms with E-state index in [1.807, 2.05) is 19.9 Å². The highest BCUT2D eigenvalue weighted by Crippen LogP contribution is 2.44. The van der Waals surface area contributed by atoms with Gasteiger partial charge >= 0.3 is 6.18 Å². The topological polar surface area (TPSA) is 77.4 Å². The van der Waals surface area contributed by atoms with Gasteiger partial charge in [0.15, 0.2) is 23.2 Å². The molecular weight excluding hydrogens is 449 g/mol. The fraction of sp³-hybridized carbons (Fsp3) is 0.333. The predicted octanol–water partition coefficient (Wildman–Crippen LogP) is 5.43. The van der Waals surface area contributed by atoms with Crippen molar-refractivity contribution >= 4 is 17.4 Å². The van der Waals surface area contributed by atoms with E-state index in [9.17, 15) is 18.0 Å². The Balaban J connectivity index is 1.64. The van der Waals surface area contributed by atoms with E-state index in [1.165, 1.54) is 20.3 Å². The molecule has 1 aliphatic rings. The Hall–Kier alpha value is -3.69. The molecule has 2 N–H and O–H groups in total. The number of halogens is 3. The van der Waals surface area contributed by atoms with Gasteiger partial charge in [-0.05, 0) is 54.8 Å². The molecule has 34 heavy (non-hydrogen) atoms. The summed E-state index contributed by atoms with van der Waals surface area (Å²) in [6, 6.07) is 9.13. The van der Waals surface area contributed by atoms with Gasteiger partial charge in [0, 0.05) is 18.2 Å². The van der Waals surface area contributed by atoms with Crippen molar-refractivity contribution in [3.8, 4) is 11.5 Å². The molecule has 180 valence electrons. The zero-order valence-electron chi connectivity index (χ0n) is 19.2. The number of fused-ring (bicyclic) bond motifs is 1. The molecule has 1 amide bonds. The van der Waals surface area contributed by atoms with Crippen LogP contribution < -0.4 is 20.1 Å². The largest absolute Gasteiger partial charge is 0.493 e. The van der Waals surface area contributed by atoms with E-state index in [0.29, 0.717) is 22.7 Å². The fourth-order valence-corrected chi connectivity index (χ4v) is 3.99. The van der Waals surface area contributed by atoms with Gasteiger partial charge in [-0.25, -0.2) is 4.68 Å². The van der Waals surface area contributed by atoms with Gasteiger partial charge in [-0.15, -0.1) is 0 Å². The summed E-state index contributed by atoms with van der Waals surface area (Å²) < 4.78 is 53.3. The van der Waals surface area contributed by atoms with Crippen molar-refractivity contribution in [1.29, 1.82) is 0 Å². The number of benzene rings is 2. The normalized spacial score (nSPS) is 17.5. The Kier molecular flexibility index (Phi) is 6.16. The lowest BCUT2D eigenvalue weighted by Gasteiger charge is -2.33. The maximum absolute atomic E-state index is 14.0. The lowest BCUT2D eigenvalue weighted by atomic mass is 9.96. The summed E-state index contributed by atoms with van der Waals surface area (Å²) in [6.07, 6.45) is -4.86. The van der Waals surface area contributed by atoms with Gasteiger partial charge in [-0.3, -0.25) is 4.79 Å². The van der Waals surface area contributed by atoms with Gasteiger partial charge < -0.3 is 20.1 Å². The Morgan fingerprint density at radius 1 is 1.06 bits per heavy atom. The number of rotatable bonds is 5. The van der Waals surface area contributed by atoms with E-state index in [-0.39, 0.29) is 17.9 Å². The molecule has 0 saturated heterocycles. The van der Waals surface area contributed by atoms with Crippen molar-refractivity contribution < 1.29 is 27.4 Å². The zero-order chi connectivity index (χ0) is 24.6. The van der Waals surface area contributed by atoms with Gasteiger partial charge in [0.25, 0.3) is 5.91 Å². The molecule has 1 aliphatic heterocycles. The van der Waals surface area contributed by atoms with E-state index in [4.69, 9.17) is 9.47 Å². The summed E-state index contributed by atoms with van der Waals surface area (Å²) in [5, 5.41) is 9.79. The van der Waals surface area contributed by atoms with Crippen molar-refractivity contribution in [2.24, 2.45) is 0 Å². The Morgan fingerprint density at radius 3 is 2.44 bits per heavy atom. The predicted molar refractivity (Wildman–Crippen MR) is 122 cm³/mol. The van der Waals surface area contributed by atoms with E-state index in [0.717, 1.165) is 15.8 Å². The summed E-state index contributed by atoms with van der Waals surface area (Å²) in [4.78, 5) is 12.8. The highest BCUT2D eigenvalue weighted by Gasteiger charge is 2.47. The summed E-state index contributed by atoms with van der Waals surface area (Å²) in [5.74, 6) is 0.414. The number of ether oxygens (including phenoxy) is 2. The summed E-state index contributed by atoms with van der Waals surface area (Å²) >= 11 is 0. The highest BCUT2D eigenvalue weighted by atomic mass is 19.4. The van der Waals surface area contributed by atoms with Crippen LogP contribution in [0.5, 0.6) is 11.5 Å². The van der Waals surface area contributed by atoms with E-state index in [1.54, 1.807) is 30.3 Å². The number of alkyl halides is 3. The lowest BCUT2D eigenvalue weighted by molar-refractivity contribution is -0.173. The molecular formula is C24H25F3N4O3.